The SMILES string of the molecule is CNC(=O)Cc1ccc(-c2ccc(C(=O)N3CCC[C@H](CN)C3)cc2)cc1. The van der Waals surface area contributed by atoms with Crippen molar-refractivity contribution in [3.8, 4) is 11.1 Å². The number of rotatable bonds is 5. The van der Waals surface area contributed by atoms with Crippen LogP contribution in [0.5, 0.6) is 0 Å². The molecule has 2 amide bonds. The highest BCUT2D eigenvalue weighted by molar-refractivity contribution is 5.94. The van der Waals surface area contributed by atoms with E-state index in [-0.39, 0.29) is 11.8 Å². The van der Waals surface area contributed by atoms with Crippen molar-refractivity contribution in [2.45, 2.75) is 19.3 Å². The molecule has 3 N–H and O–H groups in total. The lowest BCUT2D eigenvalue weighted by molar-refractivity contribution is -0.119. The second-order valence-corrected chi connectivity index (χ2v) is 7.12. The number of piperidine rings is 1. The molecule has 1 fully saturated rings. The molecule has 1 saturated heterocycles. The van der Waals surface area contributed by atoms with Crippen LogP contribution in [0.4, 0.5) is 0 Å². The third-order valence-corrected chi connectivity index (χ3v) is 5.20. The van der Waals surface area contributed by atoms with Gasteiger partial charge in [0, 0.05) is 25.7 Å². The van der Waals surface area contributed by atoms with Crippen LogP contribution in [0.3, 0.4) is 0 Å². The summed E-state index contributed by atoms with van der Waals surface area (Å²) >= 11 is 0. The van der Waals surface area contributed by atoms with Gasteiger partial charge in [0.05, 0.1) is 6.42 Å². The second kappa shape index (κ2) is 8.82. The highest BCUT2D eigenvalue weighted by Gasteiger charge is 2.23. The molecule has 0 aromatic heterocycles. The van der Waals surface area contributed by atoms with Crippen LogP contribution in [0, 0.1) is 5.92 Å². The summed E-state index contributed by atoms with van der Waals surface area (Å²) < 4.78 is 0. The first-order valence-electron chi connectivity index (χ1n) is 9.50. The fourth-order valence-electron chi connectivity index (χ4n) is 3.52. The minimum atomic E-state index is 0.000188. The van der Waals surface area contributed by atoms with Crippen LogP contribution >= 0.6 is 0 Å². The Bertz CT molecular complexity index is 784. The third-order valence-electron chi connectivity index (χ3n) is 5.20. The molecule has 5 heteroatoms. The van der Waals surface area contributed by atoms with Crippen molar-refractivity contribution in [1.29, 1.82) is 0 Å². The molecule has 1 atom stereocenters. The zero-order valence-electron chi connectivity index (χ0n) is 15.8. The van der Waals surface area contributed by atoms with Gasteiger partial charge in [-0.1, -0.05) is 36.4 Å². The molecule has 1 aliphatic heterocycles. The van der Waals surface area contributed by atoms with Crippen molar-refractivity contribution in [2.24, 2.45) is 11.7 Å². The number of benzene rings is 2. The van der Waals surface area contributed by atoms with Crippen LogP contribution in [0.2, 0.25) is 0 Å². The first-order chi connectivity index (χ1) is 13.1. The van der Waals surface area contributed by atoms with E-state index >= 15 is 0 Å². The van der Waals surface area contributed by atoms with Crippen molar-refractivity contribution in [3.63, 3.8) is 0 Å². The minimum absolute atomic E-state index is 0.000188. The second-order valence-electron chi connectivity index (χ2n) is 7.12. The van der Waals surface area contributed by atoms with Crippen molar-refractivity contribution >= 4 is 11.8 Å². The monoisotopic (exact) mass is 365 g/mol. The third kappa shape index (κ3) is 4.74. The normalized spacial score (nSPS) is 16.8. The number of carbonyl (C=O) groups is 2. The molecule has 0 bridgehead atoms. The summed E-state index contributed by atoms with van der Waals surface area (Å²) in [6.45, 7) is 2.20. The summed E-state index contributed by atoms with van der Waals surface area (Å²) in [7, 11) is 1.64. The fraction of sp³-hybridized carbons (Fsp3) is 0.364. The Kier molecular flexibility index (Phi) is 6.24. The van der Waals surface area contributed by atoms with Crippen LogP contribution in [0.15, 0.2) is 48.5 Å². The largest absolute Gasteiger partial charge is 0.359 e. The molecule has 1 heterocycles. The van der Waals surface area contributed by atoms with Gasteiger partial charge >= 0.3 is 0 Å². The predicted octanol–water partition coefficient (Wildman–Crippen LogP) is 2.45. The van der Waals surface area contributed by atoms with E-state index in [4.69, 9.17) is 5.73 Å². The topological polar surface area (TPSA) is 75.4 Å². The van der Waals surface area contributed by atoms with E-state index in [0.717, 1.165) is 42.6 Å². The molecule has 2 aromatic rings. The summed E-state index contributed by atoms with van der Waals surface area (Å²) in [4.78, 5) is 26.1. The number of likely N-dealkylation sites (tertiary alicyclic amines) is 1. The number of likely N-dealkylation sites (N-methyl/N-ethyl adjacent to an activating group) is 1. The Morgan fingerprint density at radius 1 is 1.07 bits per heavy atom. The van der Waals surface area contributed by atoms with Gasteiger partial charge in [0.1, 0.15) is 0 Å². The standard InChI is InChI=1S/C22H27N3O2/c1-24-21(26)13-16-4-6-18(7-5-16)19-8-10-20(11-9-19)22(27)25-12-2-3-17(14-23)15-25/h4-11,17H,2-3,12-15,23H2,1H3,(H,24,26)/t17-/m1/s1. The molecule has 0 aliphatic carbocycles. The van der Waals surface area contributed by atoms with Crippen molar-refractivity contribution in [3.05, 3.63) is 59.7 Å². The Hall–Kier alpha value is -2.66. The Balaban J connectivity index is 1.68. The van der Waals surface area contributed by atoms with E-state index in [9.17, 15) is 9.59 Å². The molecular formula is C22H27N3O2. The number of amides is 2. The maximum absolute atomic E-state index is 12.7. The van der Waals surface area contributed by atoms with Gasteiger partial charge in [-0.05, 0) is 54.1 Å². The van der Waals surface area contributed by atoms with E-state index in [1.807, 2.05) is 53.4 Å². The molecule has 1 aliphatic rings. The quantitative estimate of drug-likeness (QED) is 0.855. The maximum atomic E-state index is 12.7. The number of carbonyl (C=O) groups excluding carboxylic acids is 2. The Morgan fingerprint density at radius 3 is 2.30 bits per heavy atom. The Labute approximate surface area is 160 Å². The number of nitrogens with two attached hydrogens (primary N) is 1. The minimum Gasteiger partial charge on any atom is -0.359 e. The average molecular weight is 365 g/mol. The summed E-state index contributed by atoms with van der Waals surface area (Å²) in [5, 5.41) is 2.63. The van der Waals surface area contributed by atoms with Crippen LogP contribution in [0.25, 0.3) is 11.1 Å². The summed E-state index contributed by atoms with van der Waals surface area (Å²) in [5.74, 6) is 0.496. The lowest BCUT2D eigenvalue weighted by atomic mass is 9.97. The Morgan fingerprint density at radius 2 is 1.70 bits per heavy atom. The first-order valence-corrected chi connectivity index (χ1v) is 9.50. The molecule has 0 saturated carbocycles. The molecular weight excluding hydrogens is 338 g/mol. The molecule has 0 unspecified atom stereocenters. The molecule has 5 nitrogen and oxygen atoms in total. The van der Waals surface area contributed by atoms with Crippen molar-refractivity contribution in [1.82, 2.24) is 10.2 Å². The lowest BCUT2D eigenvalue weighted by Crippen LogP contribution is -2.42. The zero-order chi connectivity index (χ0) is 19.2. The van der Waals surface area contributed by atoms with E-state index in [1.165, 1.54) is 0 Å². The van der Waals surface area contributed by atoms with E-state index in [0.29, 0.717) is 24.4 Å². The zero-order valence-corrected chi connectivity index (χ0v) is 15.8. The smallest absolute Gasteiger partial charge is 0.253 e. The van der Waals surface area contributed by atoms with Gasteiger partial charge < -0.3 is 16.0 Å². The van der Waals surface area contributed by atoms with E-state index in [1.54, 1.807) is 7.05 Å². The van der Waals surface area contributed by atoms with Gasteiger partial charge in [0.25, 0.3) is 5.91 Å². The summed E-state index contributed by atoms with van der Waals surface area (Å²) in [5.41, 5.74) is 9.58. The number of hydrogen-bond donors (Lipinski definition) is 2. The number of hydrogen-bond acceptors (Lipinski definition) is 3. The highest BCUT2D eigenvalue weighted by atomic mass is 16.2. The molecule has 0 radical (unpaired) electrons. The maximum Gasteiger partial charge on any atom is 0.253 e. The van der Waals surface area contributed by atoms with Crippen LogP contribution < -0.4 is 11.1 Å². The van der Waals surface area contributed by atoms with E-state index in [2.05, 4.69) is 5.32 Å². The van der Waals surface area contributed by atoms with Gasteiger partial charge in [-0.2, -0.15) is 0 Å². The summed E-state index contributed by atoms with van der Waals surface area (Å²) in [6.07, 6.45) is 2.51. The van der Waals surface area contributed by atoms with Gasteiger partial charge in [-0.25, -0.2) is 0 Å². The number of nitrogens with zero attached hydrogens (tertiary/aromatic N) is 1. The lowest BCUT2D eigenvalue weighted by Gasteiger charge is -2.32. The highest BCUT2D eigenvalue weighted by Crippen LogP contribution is 2.22. The van der Waals surface area contributed by atoms with Gasteiger partial charge in [-0.3, -0.25) is 9.59 Å². The molecule has 3 rings (SSSR count). The first kappa shape index (κ1) is 19.1. The molecule has 2 aromatic carbocycles. The van der Waals surface area contributed by atoms with Crippen LogP contribution in [0.1, 0.15) is 28.8 Å². The summed E-state index contributed by atoms with van der Waals surface area (Å²) in [6, 6.07) is 15.7. The number of nitrogens with one attached hydrogen (secondary N) is 1. The van der Waals surface area contributed by atoms with Gasteiger partial charge in [-0.15, -0.1) is 0 Å². The average Bonchev–Trinajstić information content (AvgIpc) is 2.74. The van der Waals surface area contributed by atoms with Gasteiger partial charge in [0.2, 0.25) is 5.91 Å². The van der Waals surface area contributed by atoms with Crippen LogP contribution in [-0.4, -0.2) is 43.4 Å². The molecule has 142 valence electrons. The van der Waals surface area contributed by atoms with Crippen LogP contribution in [-0.2, 0) is 11.2 Å². The molecule has 0 spiro atoms. The van der Waals surface area contributed by atoms with Gasteiger partial charge in [0.15, 0.2) is 0 Å². The van der Waals surface area contributed by atoms with Crippen molar-refractivity contribution < 1.29 is 9.59 Å². The van der Waals surface area contributed by atoms with E-state index < -0.39 is 0 Å². The van der Waals surface area contributed by atoms with Crippen molar-refractivity contribution in [2.75, 3.05) is 26.7 Å². The predicted molar refractivity (Wildman–Crippen MR) is 107 cm³/mol. The fourth-order valence-corrected chi connectivity index (χ4v) is 3.52. The molecule has 27 heavy (non-hydrogen) atoms.